The zero-order chi connectivity index (χ0) is 50.7. The van der Waals surface area contributed by atoms with Gasteiger partial charge >= 0.3 is 17.9 Å². The molecule has 0 fully saturated rings. The first-order valence-electron chi connectivity index (χ1n) is 27.9. The molecule has 0 aromatic carbocycles. The Balaban J connectivity index is 4.56. The van der Waals surface area contributed by atoms with Crippen molar-refractivity contribution >= 4 is 17.9 Å². The van der Waals surface area contributed by atoms with Crippen LogP contribution in [0.15, 0.2) is 146 Å². The van der Waals surface area contributed by atoms with Gasteiger partial charge in [-0.1, -0.05) is 244 Å². The van der Waals surface area contributed by atoms with Crippen LogP contribution in [-0.4, -0.2) is 37.2 Å². The molecule has 392 valence electrons. The third-order valence-corrected chi connectivity index (χ3v) is 11.3. The van der Waals surface area contributed by atoms with Crippen LogP contribution in [0.25, 0.3) is 0 Å². The quantitative estimate of drug-likeness (QED) is 0.0199. The maximum atomic E-state index is 12.9. The van der Waals surface area contributed by atoms with Crippen LogP contribution in [0, 0.1) is 0 Å². The molecule has 6 heteroatoms. The SMILES string of the molecule is CC\C=C/C=C\C=C/C=C\C=C\C=C/C=C\CCCCCC(=O)OCC(COC(=O)CCCCCCCC/C=C\C/C=C\C/C=C\CC)OC(=O)CCCCCCCCC/C=C\C/C=C\CCCCC. The van der Waals surface area contributed by atoms with Crippen LogP contribution >= 0.6 is 0 Å². The Morgan fingerprint density at radius 1 is 0.314 bits per heavy atom. The van der Waals surface area contributed by atoms with E-state index in [1.807, 2.05) is 72.9 Å². The molecule has 6 nitrogen and oxygen atoms in total. The topological polar surface area (TPSA) is 78.9 Å². The maximum Gasteiger partial charge on any atom is 0.306 e. The molecular formula is C64H100O6. The second kappa shape index (κ2) is 56.9. The lowest BCUT2D eigenvalue weighted by Gasteiger charge is -2.18. The highest BCUT2D eigenvalue weighted by Gasteiger charge is 2.19. The summed E-state index contributed by atoms with van der Waals surface area (Å²) in [5.74, 6) is -0.982. The van der Waals surface area contributed by atoms with Gasteiger partial charge in [0.25, 0.3) is 0 Å². The van der Waals surface area contributed by atoms with Crippen LogP contribution in [0.3, 0.4) is 0 Å². The lowest BCUT2D eigenvalue weighted by Crippen LogP contribution is -2.30. The monoisotopic (exact) mass is 965 g/mol. The van der Waals surface area contributed by atoms with E-state index in [4.69, 9.17) is 14.2 Å². The Hall–Kier alpha value is -4.71. The van der Waals surface area contributed by atoms with Crippen molar-refractivity contribution in [2.75, 3.05) is 13.2 Å². The molecule has 0 saturated carbocycles. The first kappa shape index (κ1) is 65.3. The van der Waals surface area contributed by atoms with E-state index >= 15 is 0 Å². The van der Waals surface area contributed by atoms with Crippen molar-refractivity contribution < 1.29 is 28.6 Å². The number of carbonyl (C=O) groups excluding carboxylic acids is 3. The first-order chi connectivity index (χ1) is 34.5. The van der Waals surface area contributed by atoms with Gasteiger partial charge in [-0.15, -0.1) is 0 Å². The van der Waals surface area contributed by atoms with Crippen molar-refractivity contribution in [3.05, 3.63) is 146 Å². The average molecular weight is 965 g/mol. The van der Waals surface area contributed by atoms with Gasteiger partial charge in [0.05, 0.1) is 0 Å². The highest BCUT2D eigenvalue weighted by atomic mass is 16.6. The van der Waals surface area contributed by atoms with Crippen LogP contribution in [-0.2, 0) is 28.6 Å². The lowest BCUT2D eigenvalue weighted by molar-refractivity contribution is -0.167. The molecule has 0 N–H and O–H groups in total. The summed E-state index contributed by atoms with van der Waals surface area (Å²) in [6.07, 6.45) is 81.1. The van der Waals surface area contributed by atoms with E-state index in [0.717, 1.165) is 116 Å². The Morgan fingerprint density at radius 3 is 1.06 bits per heavy atom. The molecule has 0 aliphatic heterocycles. The maximum absolute atomic E-state index is 12.9. The molecule has 0 bridgehead atoms. The normalized spacial score (nSPS) is 13.2. The highest BCUT2D eigenvalue weighted by Crippen LogP contribution is 2.14. The summed E-state index contributed by atoms with van der Waals surface area (Å²) < 4.78 is 16.8. The lowest BCUT2D eigenvalue weighted by atomic mass is 10.1. The smallest absolute Gasteiger partial charge is 0.306 e. The molecule has 0 aliphatic carbocycles. The number of hydrogen-bond acceptors (Lipinski definition) is 6. The zero-order valence-electron chi connectivity index (χ0n) is 44.7. The van der Waals surface area contributed by atoms with Gasteiger partial charge in [0, 0.05) is 19.3 Å². The summed E-state index contributed by atoms with van der Waals surface area (Å²) in [6, 6.07) is 0. The molecule has 0 spiro atoms. The molecule has 0 saturated heterocycles. The van der Waals surface area contributed by atoms with Crippen molar-refractivity contribution in [2.24, 2.45) is 0 Å². The summed E-state index contributed by atoms with van der Waals surface area (Å²) in [5, 5.41) is 0. The third-order valence-electron chi connectivity index (χ3n) is 11.3. The molecule has 0 aromatic heterocycles. The van der Waals surface area contributed by atoms with E-state index in [1.165, 1.54) is 64.2 Å². The second-order valence-corrected chi connectivity index (χ2v) is 17.9. The van der Waals surface area contributed by atoms with Crippen LogP contribution < -0.4 is 0 Å². The van der Waals surface area contributed by atoms with Crippen molar-refractivity contribution in [3.63, 3.8) is 0 Å². The Bertz CT molecular complexity index is 1580. The molecule has 1 unspecified atom stereocenters. The van der Waals surface area contributed by atoms with Crippen molar-refractivity contribution in [1.29, 1.82) is 0 Å². The third kappa shape index (κ3) is 54.2. The largest absolute Gasteiger partial charge is 0.462 e. The number of hydrogen-bond donors (Lipinski definition) is 0. The molecule has 0 aromatic rings. The minimum Gasteiger partial charge on any atom is -0.462 e. The summed E-state index contributed by atoms with van der Waals surface area (Å²) in [7, 11) is 0. The van der Waals surface area contributed by atoms with Gasteiger partial charge in [-0.05, 0) is 103 Å². The minimum absolute atomic E-state index is 0.109. The standard InChI is InChI=1S/C64H100O6/c1-4-7-10-13-16-19-22-25-28-31-32-34-36-39-42-45-48-51-54-57-63(66)69-60-61(59-68-62(65)56-53-50-47-44-41-38-35-30-27-24-21-18-15-12-9-6-3)70-64(67)58-55-52-49-46-43-40-37-33-29-26-23-20-17-14-11-8-5-2/h7,9-10,12-13,16-22,25-32,34,36,39,42,61H,4-6,8,11,14-15,23-24,33,35,37-38,40-41,43-60H2,1-3H3/b10-7-,12-9-,16-13-,20-17-,21-18-,22-19-,28-25-,29-26-,30-27-,32-31+,36-34-,42-39-. The number of ether oxygens (including phenoxy) is 3. The van der Waals surface area contributed by atoms with E-state index in [-0.39, 0.29) is 31.1 Å². The zero-order valence-corrected chi connectivity index (χ0v) is 44.7. The number of unbranched alkanes of at least 4 members (excludes halogenated alkanes) is 19. The van der Waals surface area contributed by atoms with E-state index in [9.17, 15) is 14.4 Å². The molecule has 0 amide bonds. The van der Waals surface area contributed by atoms with Gasteiger partial charge in [0.2, 0.25) is 0 Å². The molecule has 0 radical (unpaired) electrons. The van der Waals surface area contributed by atoms with Crippen molar-refractivity contribution in [1.82, 2.24) is 0 Å². The fraction of sp³-hybridized carbons (Fsp3) is 0.578. The molecule has 70 heavy (non-hydrogen) atoms. The summed E-state index contributed by atoms with van der Waals surface area (Å²) >= 11 is 0. The van der Waals surface area contributed by atoms with Crippen LogP contribution in [0.2, 0.25) is 0 Å². The minimum atomic E-state index is -0.814. The van der Waals surface area contributed by atoms with Gasteiger partial charge in [-0.25, -0.2) is 0 Å². The van der Waals surface area contributed by atoms with Crippen molar-refractivity contribution in [2.45, 2.75) is 226 Å². The van der Waals surface area contributed by atoms with E-state index in [1.54, 1.807) is 0 Å². The predicted octanol–water partition coefficient (Wildman–Crippen LogP) is 18.8. The van der Waals surface area contributed by atoms with Crippen molar-refractivity contribution in [3.8, 4) is 0 Å². The molecule has 1 atom stereocenters. The van der Waals surface area contributed by atoms with Crippen LogP contribution in [0.4, 0.5) is 0 Å². The Kier molecular flexibility index (Phi) is 53.0. The fourth-order valence-corrected chi connectivity index (χ4v) is 7.12. The highest BCUT2D eigenvalue weighted by molar-refractivity contribution is 5.71. The number of rotatable bonds is 48. The summed E-state index contributed by atoms with van der Waals surface area (Å²) in [6.45, 7) is 6.29. The van der Waals surface area contributed by atoms with E-state index in [0.29, 0.717) is 19.3 Å². The number of carbonyl (C=O) groups is 3. The summed E-state index contributed by atoms with van der Waals surface area (Å²) in [4.78, 5) is 38.2. The summed E-state index contributed by atoms with van der Waals surface area (Å²) in [5.41, 5.74) is 0. The predicted molar refractivity (Wildman–Crippen MR) is 302 cm³/mol. The van der Waals surface area contributed by atoms with Gasteiger partial charge in [-0.3, -0.25) is 14.4 Å². The number of allylic oxidation sites excluding steroid dienone is 24. The Morgan fingerprint density at radius 2 is 0.629 bits per heavy atom. The fourth-order valence-electron chi connectivity index (χ4n) is 7.12. The average Bonchev–Trinajstić information content (AvgIpc) is 3.36. The Labute approximate surface area is 429 Å². The van der Waals surface area contributed by atoms with E-state index in [2.05, 4.69) is 93.7 Å². The van der Waals surface area contributed by atoms with Gasteiger partial charge in [0.1, 0.15) is 13.2 Å². The molecule has 0 rings (SSSR count). The second-order valence-electron chi connectivity index (χ2n) is 17.9. The van der Waals surface area contributed by atoms with Crippen LogP contribution in [0.1, 0.15) is 220 Å². The van der Waals surface area contributed by atoms with Gasteiger partial charge in [-0.2, -0.15) is 0 Å². The number of esters is 3. The van der Waals surface area contributed by atoms with Gasteiger partial charge < -0.3 is 14.2 Å². The van der Waals surface area contributed by atoms with E-state index < -0.39 is 6.10 Å². The van der Waals surface area contributed by atoms with Gasteiger partial charge in [0.15, 0.2) is 6.10 Å². The molecular weight excluding hydrogens is 865 g/mol. The first-order valence-corrected chi connectivity index (χ1v) is 27.9. The molecule has 0 heterocycles. The van der Waals surface area contributed by atoms with Crippen LogP contribution in [0.5, 0.6) is 0 Å². The molecule has 0 aliphatic rings.